The van der Waals surface area contributed by atoms with E-state index < -0.39 is 0 Å². The Bertz CT molecular complexity index is 1130. The van der Waals surface area contributed by atoms with Gasteiger partial charge in [0.2, 0.25) is 0 Å². The zero-order valence-corrected chi connectivity index (χ0v) is 20.7. The van der Waals surface area contributed by atoms with Gasteiger partial charge in [-0.3, -0.25) is 9.78 Å². The third-order valence-electron chi connectivity index (χ3n) is 8.18. The second-order valence-corrected chi connectivity index (χ2v) is 10.3. The molecular weight excluding hydrogens is 459 g/mol. The van der Waals surface area contributed by atoms with Crippen LogP contribution in [0.1, 0.15) is 45.2 Å². The van der Waals surface area contributed by atoms with E-state index in [0.717, 1.165) is 42.5 Å². The molecule has 1 N–H and O–H groups in total. The van der Waals surface area contributed by atoms with Gasteiger partial charge in [0.1, 0.15) is 11.9 Å². The van der Waals surface area contributed by atoms with Crippen LogP contribution in [0.3, 0.4) is 0 Å². The van der Waals surface area contributed by atoms with Crippen LogP contribution in [0.25, 0.3) is 17.2 Å². The molecule has 2 saturated carbocycles. The lowest BCUT2D eigenvalue weighted by Crippen LogP contribution is -2.48. The minimum atomic E-state index is -0.368. The van der Waals surface area contributed by atoms with Gasteiger partial charge in [0.05, 0.1) is 18.2 Å². The van der Waals surface area contributed by atoms with Crippen molar-refractivity contribution in [3.05, 3.63) is 60.2 Å². The van der Waals surface area contributed by atoms with E-state index in [4.69, 9.17) is 9.47 Å². The normalized spacial score (nSPS) is 31.4. The molecule has 2 aliphatic carbocycles. The fourth-order valence-electron chi connectivity index (χ4n) is 6.64. The van der Waals surface area contributed by atoms with Gasteiger partial charge in [-0.1, -0.05) is 24.3 Å². The number of carbonyl (C=O) groups excluding carboxylic acids is 2. The van der Waals surface area contributed by atoms with Crippen LogP contribution in [0.15, 0.2) is 48.7 Å². The number of allylic oxidation sites excluding steroid dienone is 1. The number of pyridine rings is 1. The lowest BCUT2D eigenvalue weighted by Gasteiger charge is -2.47. The van der Waals surface area contributed by atoms with Gasteiger partial charge in [0, 0.05) is 23.7 Å². The number of aromatic nitrogens is 1. The van der Waals surface area contributed by atoms with Crippen molar-refractivity contribution in [3.8, 4) is 11.1 Å². The molecule has 3 aliphatic rings. The van der Waals surface area contributed by atoms with Crippen LogP contribution in [0.4, 0.5) is 9.18 Å². The molecule has 5 rings (SSSR count). The number of halogens is 1. The summed E-state index contributed by atoms with van der Waals surface area (Å²) in [6.45, 7) is 4.15. The Kier molecular flexibility index (Phi) is 7.08. The first-order chi connectivity index (χ1) is 17.4. The molecular formula is C29H33FN2O4. The van der Waals surface area contributed by atoms with Gasteiger partial charge in [-0.15, -0.1) is 0 Å². The predicted molar refractivity (Wildman–Crippen MR) is 134 cm³/mol. The SMILES string of the molecule is CCOC(=O)N[C@@H]1CC[C@@H]2[C@@H](C1)C[C@H]1C(=O)O[C@H](C)C1[C@H]2/C=C/c1ccc(-c2cccc(F)c2)cn1. The van der Waals surface area contributed by atoms with Crippen LogP contribution in [-0.2, 0) is 14.3 Å². The molecule has 1 aromatic heterocycles. The summed E-state index contributed by atoms with van der Waals surface area (Å²) in [6, 6.07) is 10.4. The molecule has 1 saturated heterocycles. The number of hydrogen-bond donors (Lipinski definition) is 1. The number of cyclic esters (lactones) is 1. The first kappa shape index (κ1) is 24.5. The topological polar surface area (TPSA) is 77.5 Å². The molecule has 36 heavy (non-hydrogen) atoms. The van der Waals surface area contributed by atoms with Crippen LogP contribution in [0, 0.1) is 35.4 Å². The van der Waals surface area contributed by atoms with Crippen LogP contribution in [0.5, 0.6) is 0 Å². The molecule has 1 aliphatic heterocycles. The summed E-state index contributed by atoms with van der Waals surface area (Å²) in [6.07, 6.45) is 9.07. The molecule has 7 heteroatoms. The first-order valence-electron chi connectivity index (χ1n) is 13.0. The molecule has 3 fully saturated rings. The summed E-state index contributed by atoms with van der Waals surface area (Å²) < 4.78 is 24.3. The van der Waals surface area contributed by atoms with Crippen molar-refractivity contribution >= 4 is 18.1 Å². The molecule has 6 nitrogen and oxygen atoms in total. The highest BCUT2D eigenvalue weighted by molar-refractivity contribution is 5.75. The number of amides is 1. The van der Waals surface area contributed by atoms with Crippen LogP contribution >= 0.6 is 0 Å². The summed E-state index contributed by atoms with van der Waals surface area (Å²) in [4.78, 5) is 29.2. The van der Waals surface area contributed by atoms with Gasteiger partial charge in [0.15, 0.2) is 0 Å². The smallest absolute Gasteiger partial charge is 0.407 e. The number of hydrogen-bond acceptors (Lipinski definition) is 5. The Morgan fingerprint density at radius 2 is 2.08 bits per heavy atom. The quantitative estimate of drug-likeness (QED) is 0.548. The number of rotatable bonds is 5. The molecule has 1 unspecified atom stereocenters. The van der Waals surface area contributed by atoms with Crippen molar-refractivity contribution in [2.75, 3.05) is 6.61 Å². The standard InChI is InChI=1S/C29H33FN2O4/c1-3-35-29(34)32-23-10-11-24-20(14-23)15-26-27(17(2)36-28(26)33)25(24)12-9-22-8-7-19(16-31-22)18-5-4-6-21(30)13-18/h4-9,12-13,16-17,20,23-27H,3,10-11,14-15H2,1-2H3,(H,32,34)/b12-9+/t17-,20+,23-,24-,25+,26-,27?/m1/s1. The van der Waals surface area contributed by atoms with Crippen molar-refractivity contribution in [2.24, 2.45) is 29.6 Å². The highest BCUT2D eigenvalue weighted by Gasteiger charge is 2.54. The minimum absolute atomic E-state index is 0.0679. The fraction of sp³-hybridized carbons (Fsp3) is 0.483. The molecule has 2 heterocycles. The lowest BCUT2D eigenvalue weighted by molar-refractivity contribution is -0.144. The number of carbonyl (C=O) groups is 2. The molecule has 1 amide bonds. The van der Waals surface area contributed by atoms with Crippen molar-refractivity contribution in [3.63, 3.8) is 0 Å². The number of fused-ring (bicyclic) bond motifs is 2. The van der Waals surface area contributed by atoms with E-state index in [2.05, 4.69) is 16.4 Å². The Hall–Kier alpha value is -3.22. The maximum absolute atomic E-state index is 13.6. The fourth-order valence-corrected chi connectivity index (χ4v) is 6.64. The molecule has 2 aromatic rings. The lowest BCUT2D eigenvalue weighted by atomic mass is 9.57. The summed E-state index contributed by atoms with van der Waals surface area (Å²) >= 11 is 0. The van der Waals surface area contributed by atoms with E-state index in [1.807, 2.05) is 31.2 Å². The predicted octanol–water partition coefficient (Wildman–Crippen LogP) is 5.63. The molecule has 7 atom stereocenters. The van der Waals surface area contributed by atoms with Gasteiger partial charge in [-0.05, 0) is 87.1 Å². The van der Waals surface area contributed by atoms with Gasteiger partial charge in [-0.25, -0.2) is 9.18 Å². The van der Waals surface area contributed by atoms with E-state index in [9.17, 15) is 14.0 Å². The maximum atomic E-state index is 13.6. The monoisotopic (exact) mass is 492 g/mol. The van der Waals surface area contributed by atoms with Crippen LogP contribution in [-0.4, -0.2) is 35.8 Å². The molecule has 0 spiro atoms. The molecule has 1 aromatic carbocycles. The van der Waals surface area contributed by atoms with Gasteiger partial charge in [0.25, 0.3) is 0 Å². The summed E-state index contributed by atoms with van der Waals surface area (Å²) in [5, 5.41) is 3.00. The summed E-state index contributed by atoms with van der Waals surface area (Å²) in [7, 11) is 0. The van der Waals surface area contributed by atoms with Gasteiger partial charge < -0.3 is 14.8 Å². The minimum Gasteiger partial charge on any atom is -0.462 e. The Balaban J connectivity index is 1.34. The van der Waals surface area contributed by atoms with E-state index in [-0.39, 0.29) is 47.8 Å². The number of alkyl carbamates (subject to hydrolysis) is 1. The Labute approximate surface area is 211 Å². The van der Waals surface area contributed by atoms with Gasteiger partial charge in [-0.2, -0.15) is 0 Å². The molecule has 190 valence electrons. The highest BCUT2D eigenvalue weighted by Crippen LogP contribution is 2.53. The summed E-state index contributed by atoms with van der Waals surface area (Å²) in [5.41, 5.74) is 2.48. The number of esters is 1. The second-order valence-electron chi connectivity index (χ2n) is 10.3. The van der Waals surface area contributed by atoms with Crippen molar-refractivity contribution in [2.45, 2.75) is 51.7 Å². The zero-order chi connectivity index (χ0) is 25.2. The maximum Gasteiger partial charge on any atom is 0.407 e. The number of benzene rings is 1. The van der Waals surface area contributed by atoms with Crippen molar-refractivity contribution in [1.29, 1.82) is 0 Å². The highest BCUT2D eigenvalue weighted by atomic mass is 19.1. The van der Waals surface area contributed by atoms with Crippen molar-refractivity contribution < 1.29 is 23.5 Å². The largest absolute Gasteiger partial charge is 0.462 e. The summed E-state index contributed by atoms with van der Waals surface area (Å²) in [5.74, 6) is 0.629. The van der Waals surface area contributed by atoms with Crippen LogP contribution < -0.4 is 5.32 Å². The van der Waals surface area contributed by atoms with E-state index >= 15 is 0 Å². The average molecular weight is 493 g/mol. The first-order valence-corrected chi connectivity index (χ1v) is 13.0. The Morgan fingerprint density at radius 1 is 1.22 bits per heavy atom. The molecule has 0 bridgehead atoms. The average Bonchev–Trinajstić information content (AvgIpc) is 3.15. The second kappa shape index (κ2) is 10.4. The van der Waals surface area contributed by atoms with Crippen LogP contribution in [0.2, 0.25) is 0 Å². The number of nitrogens with zero attached hydrogens (tertiary/aromatic N) is 1. The van der Waals surface area contributed by atoms with Crippen molar-refractivity contribution in [1.82, 2.24) is 10.3 Å². The number of ether oxygens (including phenoxy) is 2. The Morgan fingerprint density at radius 3 is 2.83 bits per heavy atom. The third-order valence-corrected chi connectivity index (χ3v) is 8.18. The molecule has 0 radical (unpaired) electrons. The van der Waals surface area contributed by atoms with E-state index in [0.29, 0.717) is 18.4 Å². The van der Waals surface area contributed by atoms with E-state index in [1.54, 1.807) is 19.2 Å². The number of nitrogens with one attached hydrogen (secondary N) is 1. The van der Waals surface area contributed by atoms with Gasteiger partial charge >= 0.3 is 12.1 Å². The zero-order valence-electron chi connectivity index (χ0n) is 20.7. The van der Waals surface area contributed by atoms with E-state index in [1.165, 1.54) is 12.1 Å². The third kappa shape index (κ3) is 5.01.